The summed E-state index contributed by atoms with van der Waals surface area (Å²) in [6.45, 7) is 2.37. The average Bonchev–Trinajstić information content (AvgIpc) is 2.33. The van der Waals surface area contributed by atoms with Crippen LogP contribution in [0.25, 0.3) is 0 Å². The fraction of sp³-hybridized carbons (Fsp3) is 0.600. The molecule has 0 saturated heterocycles. The molecule has 1 unspecified atom stereocenters. The summed E-state index contributed by atoms with van der Waals surface area (Å²) >= 11 is 0. The summed E-state index contributed by atoms with van der Waals surface area (Å²) in [6.07, 6.45) is 5.37. The molecule has 0 aromatic heterocycles. The van der Waals surface area contributed by atoms with Gasteiger partial charge < -0.3 is 5.32 Å². The minimum Gasteiger partial charge on any atom is -0.317 e. The van der Waals surface area contributed by atoms with E-state index in [0.717, 1.165) is 17.9 Å². The first kappa shape index (κ1) is 11.7. The lowest BCUT2D eigenvalue weighted by Crippen LogP contribution is -2.38. The van der Waals surface area contributed by atoms with Gasteiger partial charge in [0.25, 0.3) is 0 Å². The van der Waals surface area contributed by atoms with E-state index in [1.54, 1.807) is 0 Å². The van der Waals surface area contributed by atoms with Crippen LogP contribution in [0.2, 0.25) is 0 Å². The van der Waals surface area contributed by atoms with Crippen molar-refractivity contribution in [3.05, 3.63) is 35.9 Å². The van der Waals surface area contributed by atoms with Crippen LogP contribution in [0.4, 0.5) is 0 Å². The summed E-state index contributed by atoms with van der Waals surface area (Å²) in [5, 5.41) is 3.47. The number of nitrogens with one attached hydrogen (secondary N) is 1. The highest BCUT2D eigenvalue weighted by atomic mass is 14.9. The molecule has 0 radical (unpaired) electrons. The van der Waals surface area contributed by atoms with E-state index in [2.05, 4.69) is 49.6 Å². The van der Waals surface area contributed by atoms with Gasteiger partial charge in [-0.2, -0.15) is 0 Å². The average molecular weight is 217 g/mol. The molecule has 1 aromatic rings. The molecule has 0 spiro atoms. The summed E-state index contributed by atoms with van der Waals surface area (Å²) in [5.74, 6) is 1.72. The maximum absolute atomic E-state index is 3.47. The number of hydrogen-bond donors (Lipinski definition) is 1. The van der Waals surface area contributed by atoms with E-state index >= 15 is 0 Å². The Hall–Kier alpha value is -0.820. The van der Waals surface area contributed by atoms with Gasteiger partial charge >= 0.3 is 0 Å². The lowest BCUT2D eigenvalue weighted by atomic mass is 9.77. The molecular weight excluding hydrogens is 194 g/mol. The lowest BCUT2D eigenvalue weighted by molar-refractivity contribution is 0.225. The topological polar surface area (TPSA) is 12.0 Å². The molecule has 1 aliphatic rings. The number of hydrogen-bond acceptors (Lipinski definition) is 1. The number of benzene rings is 1. The van der Waals surface area contributed by atoms with Gasteiger partial charge in [0.05, 0.1) is 0 Å². The van der Waals surface area contributed by atoms with Gasteiger partial charge in [0.1, 0.15) is 0 Å². The molecular formula is C15H23N. The standard InChI is InChI=1S/C15H23N/c1-12-8-9-14(11-15(12)16-2)10-13-6-4-3-5-7-13/h3-7,12,14-16H,8-11H2,1-2H3/t12-,14?,15+/m1/s1. The normalized spacial score (nSPS) is 30.2. The van der Waals surface area contributed by atoms with Gasteiger partial charge in [0.15, 0.2) is 0 Å². The van der Waals surface area contributed by atoms with Crippen LogP contribution in [0, 0.1) is 11.8 Å². The Morgan fingerprint density at radius 3 is 2.62 bits per heavy atom. The van der Waals surface area contributed by atoms with Crippen molar-refractivity contribution in [3.8, 4) is 0 Å². The van der Waals surface area contributed by atoms with Gasteiger partial charge in [-0.05, 0) is 50.1 Å². The van der Waals surface area contributed by atoms with Crippen molar-refractivity contribution in [2.24, 2.45) is 11.8 Å². The molecule has 1 aromatic carbocycles. The second-order valence-electron chi connectivity index (χ2n) is 5.24. The van der Waals surface area contributed by atoms with Gasteiger partial charge in [-0.1, -0.05) is 37.3 Å². The maximum atomic E-state index is 3.47. The minimum atomic E-state index is 0.725. The zero-order valence-corrected chi connectivity index (χ0v) is 10.4. The zero-order valence-electron chi connectivity index (χ0n) is 10.4. The molecule has 0 heterocycles. The van der Waals surface area contributed by atoms with E-state index < -0.39 is 0 Å². The predicted molar refractivity (Wildman–Crippen MR) is 69.5 cm³/mol. The van der Waals surface area contributed by atoms with Crippen LogP contribution in [0.1, 0.15) is 31.7 Å². The molecule has 1 N–H and O–H groups in total. The van der Waals surface area contributed by atoms with E-state index in [0.29, 0.717) is 0 Å². The van der Waals surface area contributed by atoms with E-state index in [-0.39, 0.29) is 0 Å². The Labute approximate surface area is 99.3 Å². The van der Waals surface area contributed by atoms with Crippen molar-refractivity contribution in [1.29, 1.82) is 0 Å². The molecule has 16 heavy (non-hydrogen) atoms. The molecule has 0 bridgehead atoms. The fourth-order valence-corrected chi connectivity index (χ4v) is 2.94. The molecule has 0 aliphatic heterocycles. The largest absolute Gasteiger partial charge is 0.317 e. The van der Waals surface area contributed by atoms with Crippen LogP contribution in [0.15, 0.2) is 30.3 Å². The van der Waals surface area contributed by atoms with Crippen LogP contribution in [0.3, 0.4) is 0 Å². The summed E-state index contributed by atoms with van der Waals surface area (Å²) < 4.78 is 0. The Morgan fingerprint density at radius 2 is 1.94 bits per heavy atom. The second-order valence-corrected chi connectivity index (χ2v) is 5.24. The van der Waals surface area contributed by atoms with E-state index in [1.807, 2.05) is 0 Å². The van der Waals surface area contributed by atoms with Crippen molar-refractivity contribution < 1.29 is 0 Å². The smallest absolute Gasteiger partial charge is 0.00924 e. The first-order valence-electron chi connectivity index (χ1n) is 6.50. The van der Waals surface area contributed by atoms with Crippen molar-refractivity contribution in [3.63, 3.8) is 0 Å². The SMILES string of the molecule is CN[C@H]1CC(Cc2ccccc2)CC[C@H]1C. The monoisotopic (exact) mass is 217 g/mol. The highest BCUT2D eigenvalue weighted by Gasteiger charge is 2.26. The van der Waals surface area contributed by atoms with E-state index in [1.165, 1.54) is 31.2 Å². The maximum Gasteiger partial charge on any atom is 0.00924 e. The van der Waals surface area contributed by atoms with Crippen LogP contribution in [-0.4, -0.2) is 13.1 Å². The molecule has 88 valence electrons. The van der Waals surface area contributed by atoms with Gasteiger partial charge in [0, 0.05) is 6.04 Å². The number of rotatable bonds is 3. The first-order chi connectivity index (χ1) is 7.79. The van der Waals surface area contributed by atoms with Crippen molar-refractivity contribution in [2.75, 3.05) is 7.05 Å². The highest BCUT2D eigenvalue weighted by Crippen LogP contribution is 2.30. The fourth-order valence-electron chi connectivity index (χ4n) is 2.94. The molecule has 2 rings (SSSR count). The summed E-state index contributed by atoms with van der Waals surface area (Å²) in [4.78, 5) is 0. The second kappa shape index (κ2) is 5.49. The Morgan fingerprint density at radius 1 is 1.19 bits per heavy atom. The van der Waals surface area contributed by atoms with Crippen LogP contribution in [0.5, 0.6) is 0 Å². The summed E-state index contributed by atoms with van der Waals surface area (Å²) in [6, 6.07) is 11.6. The van der Waals surface area contributed by atoms with Crippen molar-refractivity contribution >= 4 is 0 Å². The third-order valence-corrected chi connectivity index (χ3v) is 4.04. The zero-order chi connectivity index (χ0) is 11.4. The first-order valence-corrected chi connectivity index (χ1v) is 6.50. The quantitative estimate of drug-likeness (QED) is 0.819. The van der Waals surface area contributed by atoms with Gasteiger partial charge in [-0.25, -0.2) is 0 Å². The Balaban J connectivity index is 1.92. The van der Waals surface area contributed by atoms with Gasteiger partial charge in [0.2, 0.25) is 0 Å². The third kappa shape index (κ3) is 2.85. The van der Waals surface area contributed by atoms with E-state index in [4.69, 9.17) is 0 Å². The van der Waals surface area contributed by atoms with Gasteiger partial charge in [-0.15, -0.1) is 0 Å². The molecule has 0 amide bonds. The molecule has 1 heteroatoms. The predicted octanol–water partition coefficient (Wildman–Crippen LogP) is 3.25. The summed E-state index contributed by atoms with van der Waals surface area (Å²) in [5.41, 5.74) is 1.50. The molecule has 3 atom stereocenters. The van der Waals surface area contributed by atoms with Crippen LogP contribution in [-0.2, 0) is 6.42 Å². The van der Waals surface area contributed by atoms with Crippen molar-refractivity contribution in [1.82, 2.24) is 5.32 Å². The minimum absolute atomic E-state index is 0.725. The molecule has 1 saturated carbocycles. The van der Waals surface area contributed by atoms with Crippen LogP contribution < -0.4 is 5.32 Å². The molecule has 1 nitrogen and oxygen atoms in total. The Kier molecular flexibility index (Phi) is 4.00. The third-order valence-electron chi connectivity index (χ3n) is 4.04. The van der Waals surface area contributed by atoms with Crippen molar-refractivity contribution in [2.45, 2.75) is 38.6 Å². The Bertz CT molecular complexity index is 306. The molecule has 1 fully saturated rings. The molecule has 1 aliphatic carbocycles. The van der Waals surface area contributed by atoms with Gasteiger partial charge in [-0.3, -0.25) is 0 Å². The van der Waals surface area contributed by atoms with E-state index in [9.17, 15) is 0 Å². The summed E-state index contributed by atoms with van der Waals surface area (Å²) in [7, 11) is 2.10. The van der Waals surface area contributed by atoms with Crippen LogP contribution >= 0.6 is 0 Å². The lowest BCUT2D eigenvalue weighted by Gasteiger charge is -2.34. The highest BCUT2D eigenvalue weighted by molar-refractivity contribution is 5.15.